The summed E-state index contributed by atoms with van der Waals surface area (Å²) in [5.41, 5.74) is 2.20. The first-order valence-corrected chi connectivity index (χ1v) is 10.2. The third-order valence-electron chi connectivity index (χ3n) is 2.99. The number of amides is 1. The van der Waals surface area contributed by atoms with E-state index >= 15 is 0 Å². The molecule has 22 heavy (non-hydrogen) atoms. The van der Waals surface area contributed by atoms with Gasteiger partial charge in [-0.05, 0) is 0 Å². The number of fused-ring (bicyclic) bond motifs is 1. The second-order valence-electron chi connectivity index (χ2n) is 4.54. The van der Waals surface area contributed by atoms with Crippen LogP contribution in [0.3, 0.4) is 0 Å². The van der Waals surface area contributed by atoms with Crippen molar-refractivity contribution in [2.45, 2.75) is 0 Å². The van der Waals surface area contributed by atoms with Crippen molar-refractivity contribution in [1.29, 1.82) is 0 Å². The molecule has 1 aromatic carbocycles. The Morgan fingerprint density at radius 3 is 2.82 bits per heavy atom. The summed E-state index contributed by atoms with van der Waals surface area (Å²) < 4.78 is 2.58. The van der Waals surface area contributed by atoms with Crippen LogP contribution in [0, 0.1) is 0 Å². The van der Waals surface area contributed by atoms with Gasteiger partial charge in [0.1, 0.15) is 0 Å². The number of rotatable bonds is 2. The van der Waals surface area contributed by atoms with Crippen LogP contribution in [0.4, 0.5) is 5.13 Å². The number of carbonyl (C=O) groups excluding carboxylic acids is 1. The van der Waals surface area contributed by atoms with Gasteiger partial charge in [0.2, 0.25) is 0 Å². The predicted molar refractivity (Wildman–Crippen MR) is 94.7 cm³/mol. The van der Waals surface area contributed by atoms with E-state index in [-0.39, 0.29) is 20.4 Å². The Kier molecular flexibility index (Phi) is 3.84. The van der Waals surface area contributed by atoms with E-state index in [9.17, 15) is 4.79 Å². The van der Waals surface area contributed by atoms with E-state index in [4.69, 9.17) is 11.6 Å². The molecular weight excluding hydrogens is 405 g/mol. The van der Waals surface area contributed by atoms with Crippen LogP contribution < -0.4 is 5.32 Å². The number of hydrogen-bond acceptors (Lipinski definition) is 5. The van der Waals surface area contributed by atoms with Crippen molar-refractivity contribution in [1.82, 2.24) is 10.3 Å². The number of nitrogens with one attached hydrogen (secondary N) is 1. The SMILES string of the molecule is O=C1CS/C(=N\c2nc3cc(-c4ccc(Cl)cc4)[se]c3s2)N1. The molecule has 1 saturated heterocycles. The zero-order chi connectivity index (χ0) is 15.1. The van der Waals surface area contributed by atoms with Crippen LogP contribution in [0.2, 0.25) is 5.02 Å². The number of amidine groups is 1. The van der Waals surface area contributed by atoms with E-state index < -0.39 is 0 Å². The first-order valence-electron chi connectivity index (χ1n) is 6.35. The van der Waals surface area contributed by atoms with Crippen LogP contribution in [0.25, 0.3) is 19.1 Å². The molecule has 0 aliphatic carbocycles. The molecule has 3 heterocycles. The molecule has 0 atom stereocenters. The molecule has 8 heteroatoms. The molecule has 1 fully saturated rings. The van der Waals surface area contributed by atoms with Crippen molar-refractivity contribution >= 4 is 74.5 Å². The minimum absolute atomic E-state index is 0.00184. The van der Waals surface area contributed by atoms with E-state index in [0.717, 1.165) is 10.5 Å². The molecule has 0 radical (unpaired) electrons. The quantitative estimate of drug-likeness (QED) is 0.655. The summed E-state index contributed by atoms with van der Waals surface area (Å²) in [7, 11) is 0. The van der Waals surface area contributed by atoms with E-state index in [1.165, 1.54) is 25.3 Å². The minimum atomic E-state index is 0.00184. The number of nitrogens with zero attached hydrogens (tertiary/aromatic N) is 2. The Balaban J connectivity index is 1.65. The Bertz CT molecular complexity index is 869. The number of thiazole rings is 1. The van der Waals surface area contributed by atoms with Crippen LogP contribution in [0.15, 0.2) is 35.3 Å². The molecule has 4 rings (SSSR count). The second-order valence-corrected chi connectivity index (χ2v) is 9.71. The number of aromatic nitrogens is 1. The van der Waals surface area contributed by atoms with Crippen molar-refractivity contribution in [3.8, 4) is 10.0 Å². The molecule has 110 valence electrons. The summed E-state index contributed by atoms with van der Waals surface area (Å²) >= 11 is 9.18. The first kappa shape index (κ1) is 14.5. The van der Waals surface area contributed by atoms with Crippen molar-refractivity contribution in [3.63, 3.8) is 0 Å². The topological polar surface area (TPSA) is 54.4 Å². The van der Waals surface area contributed by atoms with Gasteiger partial charge in [-0.15, -0.1) is 0 Å². The summed E-state index contributed by atoms with van der Waals surface area (Å²) in [4.78, 5) is 20.1. The van der Waals surface area contributed by atoms with E-state index in [2.05, 4.69) is 21.4 Å². The number of aliphatic imine (C=N–C) groups is 1. The molecule has 0 saturated carbocycles. The van der Waals surface area contributed by atoms with Crippen LogP contribution in [0.5, 0.6) is 0 Å². The molecule has 1 N–H and O–H groups in total. The summed E-state index contributed by atoms with van der Waals surface area (Å²) in [6, 6.07) is 10.0. The molecule has 3 aromatic rings. The maximum absolute atomic E-state index is 11.2. The van der Waals surface area contributed by atoms with E-state index in [1.807, 2.05) is 24.3 Å². The number of halogens is 1. The zero-order valence-corrected chi connectivity index (χ0v) is 15.1. The number of hydrogen-bond donors (Lipinski definition) is 1. The van der Waals surface area contributed by atoms with E-state index in [1.54, 1.807) is 11.3 Å². The Morgan fingerprint density at radius 1 is 1.32 bits per heavy atom. The van der Waals surface area contributed by atoms with Crippen LogP contribution in [-0.4, -0.2) is 36.3 Å². The molecule has 0 bridgehead atoms. The van der Waals surface area contributed by atoms with Gasteiger partial charge in [-0.3, -0.25) is 0 Å². The van der Waals surface area contributed by atoms with Gasteiger partial charge in [0.25, 0.3) is 0 Å². The summed E-state index contributed by atoms with van der Waals surface area (Å²) in [5, 5.41) is 4.83. The molecular formula is C14H8ClN3OS2Se. The maximum atomic E-state index is 11.2. The first-order chi connectivity index (χ1) is 10.7. The van der Waals surface area contributed by atoms with Crippen molar-refractivity contribution in [3.05, 3.63) is 35.4 Å². The van der Waals surface area contributed by atoms with Gasteiger partial charge in [0, 0.05) is 0 Å². The Hall–Kier alpha value is -1.11. The van der Waals surface area contributed by atoms with Crippen LogP contribution in [-0.2, 0) is 4.79 Å². The molecule has 0 unspecified atom stereocenters. The number of benzene rings is 1. The van der Waals surface area contributed by atoms with Crippen molar-refractivity contribution < 1.29 is 4.79 Å². The third-order valence-corrected chi connectivity index (χ3v) is 7.87. The normalized spacial score (nSPS) is 16.6. The summed E-state index contributed by atoms with van der Waals surface area (Å²) in [6.45, 7) is 0. The fourth-order valence-corrected chi connectivity index (χ4v) is 6.51. The van der Waals surface area contributed by atoms with E-state index in [0.29, 0.717) is 16.1 Å². The van der Waals surface area contributed by atoms with Gasteiger partial charge >= 0.3 is 146 Å². The molecule has 0 spiro atoms. The molecule has 1 amide bonds. The van der Waals surface area contributed by atoms with Crippen molar-refractivity contribution in [2.24, 2.45) is 4.99 Å². The van der Waals surface area contributed by atoms with Gasteiger partial charge in [-0.25, -0.2) is 0 Å². The monoisotopic (exact) mass is 413 g/mol. The van der Waals surface area contributed by atoms with Gasteiger partial charge in [0.15, 0.2) is 0 Å². The average molecular weight is 413 g/mol. The van der Waals surface area contributed by atoms with Crippen LogP contribution in [0.1, 0.15) is 0 Å². The zero-order valence-electron chi connectivity index (χ0n) is 11.0. The van der Waals surface area contributed by atoms with Crippen molar-refractivity contribution in [2.75, 3.05) is 5.75 Å². The summed E-state index contributed by atoms with van der Waals surface area (Å²) in [6.07, 6.45) is 0. The standard InChI is InChI=1S/C14H8ClN3OS2Se/c15-8-3-1-7(2-4-8)10-5-9-12(22-10)21-14(16-9)18-13-17-11(19)6-20-13/h1-5H,6H2,(H,16,17,18,19). The third kappa shape index (κ3) is 2.87. The fourth-order valence-electron chi connectivity index (χ4n) is 2.00. The molecule has 1 aliphatic heterocycles. The van der Waals surface area contributed by atoms with Crippen LogP contribution >= 0.6 is 34.7 Å². The Morgan fingerprint density at radius 2 is 2.14 bits per heavy atom. The number of carbonyl (C=O) groups is 1. The Labute approximate surface area is 145 Å². The fraction of sp³-hybridized carbons (Fsp3) is 0.0714. The summed E-state index contributed by atoms with van der Waals surface area (Å²) in [5.74, 6) is 0.441. The average Bonchev–Trinajstić information content (AvgIpc) is 3.15. The predicted octanol–water partition coefficient (Wildman–Crippen LogP) is 3.52. The van der Waals surface area contributed by atoms with Gasteiger partial charge < -0.3 is 0 Å². The van der Waals surface area contributed by atoms with Gasteiger partial charge in [-0.2, -0.15) is 0 Å². The number of thioether (sulfide) groups is 1. The van der Waals surface area contributed by atoms with Gasteiger partial charge in [0.05, 0.1) is 0 Å². The molecule has 4 nitrogen and oxygen atoms in total. The molecule has 2 aromatic heterocycles. The second kappa shape index (κ2) is 5.83. The van der Waals surface area contributed by atoms with Gasteiger partial charge in [-0.1, -0.05) is 0 Å². The molecule has 1 aliphatic rings.